The maximum Gasteiger partial charge on any atom is 0.329 e. The van der Waals surface area contributed by atoms with Crippen molar-refractivity contribution >= 4 is 39.6 Å². The van der Waals surface area contributed by atoms with Crippen molar-refractivity contribution in [2.24, 2.45) is 0 Å². The molecule has 0 unspecified atom stereocenters. The van der Waals surface area contributed by atoms with Crippen LogP contribution in [-0.4, -0.2) is 28.9 Å². The third kappa shape index (κ3) is 4.26. The van der Waals surface area contributed by atoms with Crippen molar-refractivity contribution in [1.29, 1.82) is 0 Å². The highest BCUT2D eigenvalue weighted by atomic mass is 79.9. The zero-order valence-corrected chi connectivity index (χ0v) is 18.3. The van der Waals surface area contributed by atoms with Crippen LogP contribution in [0.2, 0.25) is 0 Å². The van der Waals surface area contributed by atoms with E-state index in [0.717, 1.165) is 14.9 Å². The quantitative estimate of drug-likeness (QED) is 0.228. The van der Waals surface area contributed by atoms with E-state index in [1.54, 1.807) is 12.1 Å². The topological polar surface area (TPSA) is 115 Å². The highest BCUT2D eigenvalue weighted by Gasteiger charge is 2.33. The molecule has 0 aliphatic carbocycles. The second-order valence-corrected chi connectivity index (χ2v) is 7.77. The lowest BCUT2D eigenvalue weighted by atomic mass is 10.1. The SMILES string of the molecule is COc1ccc([N+](=O)[O-])cc1-c1ccc(C=C2NC(=O)N(Cc3ccc(Br)cc3)C2=O)o1. The van der Waals surface area contributed by atoms with Crippen LogP contribution in [0.25, 0.3) is 17.4 Å². The van der Waals surface area contributed by atoms with E-state index in [2.05, 4.69) is 21.2 Å². The normalized spacial score (nSPS) is 14.7. The second kappa shape index (κ2) is 8.67. The van der Waals surface area contributed by atoms with E-state index in [9.17, 15) is 19.7 Å². The fourth-order valence-corrected chi connectivity index (χ4v) is 3.47. The Morgan fingerprint density at radius 1 is 1.16 bits per heavy atom. The van der Waals surface area contributed by atoms with Crippen LogP contribution in [0, 0.1) is 10.1 Å². The predicted octanol–water partition coefficient (Wildman–Crippen LogP) is 4.72. The van der Waals surface area contributed by atoms with Crippen LogP contribution in [0.3, 0.4) is 0 Å². The molecule has 0 atom stereocenters. The molecule has 10 heteroatoms. The van der Waals surface area contributed by atoms with Crippen molar-refractivity contribution in [3.05, 3.63) is 86.2 Å². The molecule has 0 saturated carbocycles. The van der Waals surface area contributed by atoms with E-state index in [0.29, 0.717) is 22.8 Å². The number of nitro benzene ring substituents is 1. The number of nitro groups is 1. The number of amides is 3. The third-order valence-electron chi connectivity index (χ3n) is 4.79. The molecule has 1 aliphatic heterocycles. The van der Waals surface area contributed by atoms with Crippen LogP contribution in [0.4, 0.5) is 10.5 Å². The number of halogens is 1. The van der Waals surface area contributed by atoms with Crippen molar-refractivity contribution in [2.75, 3.05) is 7.11 Å². The molecule has 9 nitrogen and oxygen atoms in total. The Morgan fingerprint density at radius 2 is 1.91 bits per heavy atom. The highest BCUT2D eigenvalue weighted by molar-refractivity contribution is 9.10. The van der Waals surface area contributed by atoms with Crippen LogP contribution in [0.15, 0.2) is 69.2 Å². The molecule has 1 aromatic heterocycles. The van der Waals surface area contributed by atoms with Gasteiger partial charge in [0.1, 0.15) is 23.0 Å². The largest absolute Gasteiger partial charge is 0.496 e. The molecule has 1 N–H and O–H groups in total. The summed E-state index contributed by atoms with van der Waals surface area (Å²) in [5.41, 5.74) is 1.15. The second-order valence-electron chi connectivity index (χ2n) is 6.85. The van der Waals surface area contributed by atoms with Crippen LogP contribution in [0.1, 0.15) is 11.3 Å². The lowest BCUT2D eigenvalue weighted by molar-refractivity contribution is -0.384. The first-order valence-electron chi connectivity index (χ1n) is 9.37. The minimum absolute atomic E-state index is 0.0685. The third-order valence-corrected chi connectivity index (χ3v) is 5.32. The molecule has 4 rings (SSSR count). The van der Waals surface area contributed by atoms with Gasteiger partial charge in [-0.1, -0.05) is 28.1 Å². The van der Waals surface area contributed by atoms with Gasteiger partial charge >= 0.3 is 6.03 Å². The molecule has 2 aromatic carbocycles. The number of ether oxygens (including phenoxy) is 1. The van der Waals surface area contributed by atoms with Crippen LogP contribution in [-0.2, 0) is 11.3 Å². The van der Waals surface area contributed by atoms with Gasteiger partial charge in [0.15, 0.2) is 0 Å². The maximum atomic E-state index is 12.7. The Labute approximate surface area is 190 Å². The summed E-state index contributed by atoms with van der Waals surface area (Å²) in [6.45, 7) is 0.129. The summed E-state index contributed by atoms with van der Waals surface area (Å²) in [6.07, 6.45) is 1.41. The van der Waals surface area contributed by atoms with Gasteiger partial charge < -0.3 is 14.5 Å². The predicted molar refractivity (Wildman–Crippen MR) is 119 cm³/mol. The summed E-state index contributed by atoms with van der Waals surface area (Å²) in [5, 5.41) is 13.6. The van der Waals surface area contributed by atoms with Crippen molar-refractivity contribution in [3.8, 4) is 17.1 Å². The summed E-state index contributed by atoms with van der Waals surface area (Å²) in [7, 11) is 1.45. The molecule has 1 aliphatic rings. The number of hydrogen-bond donors (Lipinski definition) is 1. The number of urea groups is 1. The lowest BCUT2D eigenvalue weighted by Gasteiger charge is -2.11. The van der Waals surface area contributed by atoms with E-state index >= 15 is 0 Å². The molecule has 2 heterocycles. The number of rotatable bonds is 6. The zero-order chi connectivity index (χ0) is 22.8. The molecule has 1 saturated heterocycles. The van der Waals surface area contributed by atoms with E-state index in [4.69, 9.17) is 9.15 Å². The first kappa shape index (κ1) is 21.3. The lowest BCUT2D eigenvalue weighted by Crippen LogP contribution is -2.30. The number of methoxy groups -OCH3 is 1. The Bertz CT molecular complexity index is 1250. The summed E-state index contributed by atoms with van der Waals surface area (Å²) in [6, 6.07) is 14.1. The van der Waals surface area contributed by atoms with Gasteiger partial charge in [-0.15, -0.1) is 0 Å². The fraction of sp³-hybridized carbons (Fsp3) is 0.0909. The number of benzene rings is 2. The van der Waals surface area contributed by atoms with Crippen molar-refractivity contribution < 1.29 is 23.7 Å². The summed E-state index contributed by atoms with van der Waals surface area (Å²) in [4.78, 5) is 36.7. The standard InChI is InChI=1S/C22H16BrN3O6/c1-31-19-8-6-15(26(29)30)10-17(19)20-9-7-16(32-20)11-18-21(27)25(22(28)24-18)12-13-2-4-14(23)5-3-13/h2-11H,12H2,1H3,(H,24,28). The number of hydrogen-bond acceptors (Lipinski definition) is 6. The Kier molecular flexibility index (Phi) is 5.78. The number of carbonyl (C=O) groups excluding carboxylic acids is 2. The first-order chi connectivity index (χ1) is 15.4. The Morgan fingerprint density at radius 3 is 2.59 bits per heavy atom. The zero-order valence-electron chi connectivity index (χ0n) is 16.7. The maximum absolute atomic E-state index is 12.7. The molecule has 0 radical (unpaired) electrons. The molecule has 3 amide bonds. The average molecular weight is 498 g/mol. The Hall–Kier alpha value is -3.92. The highest BCUT2D eigenvalue weighted by Crippen LogP contribution is 2.35. The number of non-ortho nitro benzene ring substituents is 1. The van der Waals surface area contributed by atoms with Gasteiger partial charge in [0.25, 0.3) is 11.6 Å². The van der Waals surface area contributed by atoms with Gasteiger partial charge in [0, 0.05) is 22.7 Å². The van der Waals surface area contributed by atoms with E-state index < -0.39 is 16.9 Å². The molecule has 32 heavy (non-hydrogen) atoms. The molecule has 0 bridgehead atoms. The van der Waals surface area contributed by atoms with E-state index in [1.807, 2.05) is 24.3 Å². The summed E-state index contributed by atoms with van der Waals surface area (Å²) < 4.78 is 11.9. The van der Waals surface area contributed by atoms with E-state index in [1.165, 1.54) is 31.4 Å². The minimum atomic E-state index is -0.531. The summed E-state index contributed by atoms with van der Waals surface area (Å²) in [5.74, 6) is 0.530. The van der Waals surface area contributed by atoms with Gasteiger partial charge in [-0.2, -0.15) is 0 Å². The number of furan rings is 1. The summed E-state index contributed by atoms with van der Waals surface area (Å²) >= 11 is 3.35. The van der Waals surface area contributed by atoms with Crippen molar-refractivity contribution in [1.82, 2.24) is 10.2 Å². The monoisotopic (exact) mass is 497 g/mol. The molecular formula is C22H16BrN3O6. The Balaban J connectivity index is 1.58. The average Bonchev–Trinajstić information content (AvgIpc) is 3.35. The van der Waals surface area contributed by atoms with Gasteiger partial charge in [-0.05, 0) is 35.9 Å². The minimum Gasteiger partial charge on any atom is -0.496 e. The van der Waals surface area contributed by atoms with Crippen molar-refractivity contribution in [3.63, 3.8) is 0 Å². The number of nitrogens with one attached hydrogen (secondary N) is 1. The smallest absolute Gasteiger partial charge is 0.329 e. The molecule has 162 valence electrons. The van der Waals surface area contributed by atoms with Crippen LogP contribution < -0.4 is 10.1 Å². The molecule has 3 aromatic rings. The van der Waals surface area contributed by atoms with Gasteiger partial charge in [0.05, 0.1) is 24.1 Å². The van der Waals surface area contributed by atoms with E-state index in [-0.39, 0.29) is 17.9 Å². The van der Waals surface area contributed by atoms with Gasteiger partial charge in [-0.3, -0.25) is 19.8 Å². The number of imide groups is 1. The number of nitrogens with zero attached hydrogens (tertiary/aromatic N) is 2. The van der Waals surface area contributed by atoms with Gasteiger partial charge in [-0.25, -0.2) is 4.79 Å². The van der Waals surface area contributed by atoms with Crippen LogP contribution >= 0.6 is 15.9 Å². The number of carbonyl (C=O) groups is 2. The fourth-order valence-electron chi connectivity index (χ4n) is 3.21. The van der Waals surface area contributed by atoms with Gasteiger partial charge in [0.2, 0.25) is 0 Å². The first-order valence-corrected chi connectivity index (χ1v) is 10.2. The van der Waals surface area contributed by atoms with Crippen LogP contribution in [0.5, 0.6) is 5.75 Å². The molecule has 0 spiro atoms. The molecule has 1 fully saturated rings. The van der Waals surface area contributed by atoms with Crippen molar-refractivity contribution in [2.45, 2.75) is 6.54 Å². The molecular weight excluding hydrogens is 482 g/mol.